The van der Waals surface area contributed by atoms with E-state index >= 15 is 0 Å². The Hall–Kier alpha value is -3.11. The normalized spacial score (nSPS) is 11.3. The molecular weight excluding hydrogens is 468 g/mol. The molecule has 0 aliphatic heterocycles. The maximum Gasteiger partial charge on any atom is 0.246 e. The minimum atomic E-state index is -3.56. The van der Waals surface area contributed by atoms with E-state index in [4.69, 9.17) is 20.9 Å². The number of aromatic nitrogens is 2. The number of nitrogens with zero attached hydrogens (tertiary/aromatic N) is 4. The third kappa shape index (κ3) is 6.23. The molecule has 0 bridgehead atoms. The molecule has 0 unspecified atom stereocenters. The Morgan fingerprint density at radius 3 is 2.55 bits per heavy atom. The number of methoxy groups -OCH3 is 1. The summed E-state index contributed by atoms with van der Waals surface area (Å²) in [6.07, 6.45) is 1.59. The average Bonchev–Trinajstić information content (AvgIpc) is 3.24. The number of benzene rings is 2. The third-order valence-electron chi connectivity index (χ3n) is 4.89. The van der Waals surface area contributed by atoms with Gasteiger partial charge in [0.15, 0.2) is 0 Å². The first-order valence-corrected chi connectivity index (χ1v) is 12.4. The lowest BCUT2D eigenvalue weighted by Crippen LogP contribution is -2.32. The maximum absolute atomic E-state index is 12.6. The number of carbonyl (C=O) groups is 1. The van der Waals surface area contributed by atoms with E-state index in [1.807, 2.05) is 6.07 Å². The van der Waals surface area contributed by atoms with Crippen LogP contribution in [-0.4, -0.2) is 56.3 Å². The smallest absolute Gasteiger partial charge is 0.246 e. The van der Waals surface area contributed by atoms with Gasteiger partial charge in [-0.2, -0.15) is 4.98 Å². The van der Waals surface area contributed by atoms with Crippen molar-refractivity contribution in [1.29, 1.82) is 0 Å². The Balaban J connectivity index is 1.59. The number of ether oxygens (including phenoxy) is 1. The molecule has 0 fully saturated rings. The van der Waals surface area contributed by atoms with E-state index in [0.717, 1.165) is 6.26 Å². The SMILES string of the molecule is COc1ccccc1N(CCCC(=O)N(C)Cc1nc(-c2ccccc2Cl)no1)S(C)(=O)=O. The molecule has 0 aliphatic carbocycles. The largest absolute Gasteiger partial charge is 0.495 e. The highest BCUT2D eigenvalue weighted by atomic mass is 35.5. The molecule has 176 valence electrons. The summed E-state index contributed by atoms with van der Waals surface area (Å²) in [4.78, 5) is 18.4. The lowest BCUT2D eigenvalue weighted by Gasteiger charge is -2.24. The van der Waals surface area contributed by atoms with Crippen LogP contribution in [0.3, 0.4) is 0 Å². The van der Waals surface area contributed by atoms with Gasteiger partial charge in [0.2, 0.25) is 27.6 Å². The first-order valence-electron chi connectivity index (χ1n) is 10.1. The van der Waals surface area contributed by atoms with Crippen LogP contribution in [0.1, 0.15) is 18.7 Å². The molecule has 0 N–H and O–H groups in total. The van der Waals surface area contributed by atoms with Crippen LogP contribution in [0.2, 0.25) is 5.02 Å². The molecule has 33 heavy (non-hydrogen) atoms. The van der Waals surface area contributed by atoms with Gasteiger partial charge in [-0.3, -0.25) is 9.10 Å². The number of sulfonamides is 1. The average molecular weight is 493 g/mol. The van der Waals surface area contributed by atoms with E-state index in [0.29, 0.717) is 34.3 Å². The van der Waals surface area contributed by atoms with E-state index in [1.165, 1.54) is 16.3 Å². The van der Waals surface area contributed by atoms with Gasteiger partial charge in [0, 0.05) is 25.6 Å². The molecule has 0 saturated heterocycles. The Morgan fingerprint density at radius 1 is 1.15 bits per heavy atom. The van der Waals surface area contributed by atoms with Gasteiger partial charge in [-0.15, -0.1) is 0 Å². The monoisotopic (exact) mass is 492 g/mol. The van der Waals surface area contributed by atoms with Crippen LogP contribution >= 0.6 is 11.6 Å². The molecule has 3 aromatic rings. The van der Waals surface area contributed by atoms with Crippen LogP contribution < -0.4 is 9.04 Å². The van der Waals surface area contributed by atoms with Crippen molar-refractivity contribution in [3.05, 3.63) is 59.4 Å². The molecule has 0 aliphatic rings. The number of amides is 1. The minimum Gasteiger partial charge on any atom is -0.495 e. The number of hydrogen-bond donors (Lipinski definition) is 0. The zero-order valence-corrected chi connectivity index (χ0v) is 20.1. The molecular formula is C22H25ClN4O5S. The predicted octanol–water partition coefficient (Wildman–Crippen LogP) is 3.60. The fourth-order valence-electron chi connectivity index (χ4n) is 3.23. The summed E-state index contributed by atoms with van der Waals surface area (Å²) in [6, 6.07) is 14.0. The van der Waals surface area contributed by atoms with Crippen LogP contribution in [0.15, 0.2) is 53.1 Å². The number of hydrogen-bond acceptors (Lipinski definition) is 7. The predicted molar refractivity (Wildman–Crippen MR) is 126 cm³/mol. The van der Waals surface area contributed by atoms with Gasteiger partial charge in [0.25, 0.3) is 0 Å². The topological polar surface area (TPSA) is 106 Å². The van der Waals surface area contributed by atoms with Crippen molar-refractivity contribution in [2.75, 3.05) is 31.3 Å². The van der Waals surface area contributed by atoms with Gasteiger partial charge in [-0.05, 0) is 30.7 Å². The first-order chi connectivity index (χ1) is 15.7. The zero-order chi connectivity index (χ0) is 24.0. The molecule has 1 heterocycles. The highest BCUT2D eigenvalue weighted by molar-refractivity contribution is 7.92. The Morgan fingerprint density at radius 2 is 1.85 bits per heavy atom. The minimum absolute atomic E-state index is 0.124. The fourth-order valence-corrected chi connectivity index (χ4v) is 4.42. The van der Waals surface area contributed by atoms with Crippen LogP contribution in [0.25, 0.3) is 11.4 Å². The molecule has 0 saturated carbocycles. The second-order valence-corrected chi connectivity index (χ2v) is 9.67. The van der Waals surface area contributed by atoms with Crippen molar-refractivity contribution < 1.29 is 22.5 Å². The summed E-state index contributed by atoms with van der Waals surface area (Å²) >= 11 is 6.16. The number of anilines is 1. The van der Waals surface area contributed by atoms with Gasteiger partial charge in [0.1, 0.15) is 5.75 Å². The Labute approximate surface area is 198 Å². The number of halogens is 1. The summed E-state index contributed by atoms with van der Waals surface area (Å²) in [6.45, 7) is 0.259. The fraction of sp³-hybridized carbons (Fsp3) is 0.318. The molecule has 0 radical (unpaired) electrons. The standard InChI is InChI=1S/C22H25ClN4O5S/c1-26(15-20-24-22(25-32-20)16-9-4-5-10-17(16)23)21(28)13-8-14-27(33(3,29)30)18-11-6-7-12-19(18)31-2/h4-7,9-12H,8,13-15H2,1-3H3. The summed E-state index contributed by atoms with van der Waals surface area (Å²) in [5.41, 5.74) is 1.07. The first kappa shape index (κ1) is 24.5. The molecule has 1 amide bonds. The van der Waals surface area contributed by atoms with E-state index in [9.17, 15) is 13.2 Å². The van der Waals surface area contributed by atoms with Crippen LogP contribution in [0.4, 0.5) is 5.69 Å². The number of rotatable bonds is 10. The third-order valence-corrected chi connectivity index (χ3v) is 6.40. The highest BCUT2D eigenvalue weighted by Gasteiger charge is 2.22. The van der Waals surface area contributed by atoms with Crippen LogP contribution in [0.5, 0.6) is 5.75 Å². The van der Waals surface area contributed by atoms with E-state index in [1.54, 1.807) is 49.5 Å². The zero-order valence-electron chi connectivity index (χ0n) is 18.6. The molecule has 3 rings (SSSR count). The number of carbonyl (C=O) groups excluding carboxylic acids is 1. The van der Waals surface area contributed by atoms with Crippen molar-refractivity contribution in [3.8, 4) is 17.1 Å². The maximum atomic E-state index is 12.6. The molecule has 0 spiro atoms. The van der Waals surface area contributed by atoms with Crippen molar-refractivity contribution in [3.63, 3.8) is 0 Å². The van der Waals surface area contributed by atoms with Gasteiger partial charge < -0.3 is 14.2 Å². The number of para-hydroxylation sites is 2. The molecule has 1 aromatic heterocycles. The summed E-state index contributed by atoms with van der Waals surface area (Å²) < 4.78 is 36.4. The lowest BCUT2D eigenvalue weighted by molar-refractivity contribution is -0.130. The van der Waals surface area contributed by atoms with Crippen molar-refractivity contribution in [2.24, 2.45) is 0 Å². The molecule has 9 nitrogen and oxygen atoms in total. The summed E-state index contributed by atoms with van der Waals surface area (Å²) in [5.74, 6) is 0.877. The Bertz CT molecular complexity index is 1210. The van der Waals surface area contributed by atoms with Gasteiger partial charge in [-0.25, -0.2) is 8.42 Å². The Kier molecular flexibility index (Phi) is 7.93. The van der Waals surface area contributed by atoms with Gasteiger partial charge in [-0.1, -0.05) is 41.0 Å². The molecule has 11 heteroatoms. The van der Waals surface area contributed by atoms with Crippen molar-refractivity contribution in [2.45, 2.75) is 19.4 Å². The van der Waals surface area contributed by atoms with E-state index in [-0.39, 0.29) is 31.3 Å². The second kappa shape index (κ2) is 10.7. The van der Waals surface area contributed by atoms with E-state index < -0.39 is 10.0 Å². The molecule has 2 aromatic carbocycles. The lowest BCUT2D eigenvalue weighted by atomic mass is 10.2. The van der Waals surface area contributed by atoms with Crippen molar-refractivity contribution >= 4 is 33.2 Å². The highest BCUT2D eigenvalue weighted by Crippen LogP contribution is 2.30. The van der Waals surface area contributed by atoms with Crippen molar-refractivity contribution in [1.82, 2.24) is 15.0 Å². The summed E-state index contributed by atoms with van der Waals surface area (Å²) in [7, 11) is -0.460. The van der Waals surface area contributed by atoms with Crippen LogP contribution in [0, 0.1) is 0 Å². The van der Waals surface area contributed by atoms with Gasteiger partial charge >= 0.3 is 0 Å². The summed E-state index contributed by atoms with van der Waals surface area (Å²) in [5, 5.41) is 4.43. The quantitative estimate of drug-likeness (QED) is 0.425. The van der Waals surface area contributed by atoms with E-state index in [2.05, 4.69) is 10.1 Å². The van der Waals surface area contributed by atoms with Crippen LogP contribution in [-0.2, 0) is 21.4 Å². The van der Waals surface area contributed by atoms with Gasteiger partial charge in [0.05, 0.1) is 30.6 Å². The second-order valence-electron chi connectivity index (χ2n) is 7.35. The molecule has 0 atom stereocenters.